The molecule has 0 aliphatic rings. The van der Waals surface area contributed by atoms with Gasteiger partial charge in [0.05, 0.1) is 24.5 Å². The molecule has 0 bridgehead atoms. The van der Waals surface area contributed by atoms with E-state index in [-0.39, 0.29) is 30.3 Å². The molecule has 0 saturated heterocycles. The lowest BCUT2D eigenvalue weighted by atomic mass is 9.92. The average Bonchev–Trinajstić information content (AvgIpc) is 3.16. The molecular weight excluding hydrogens is 414 g/mol. The molecule has 7 nitrogen and oxygen atoms in total. The first-order valence-electron chi connectivity index (χ1n) is 11.0. The molecule has 0 spiro atoms. The molecule has 2 N–H and O–H groups in total. The van der Waals surface area contributed by atoms with Crippen LogP contribution in [0.1, 0.15) is 37.6 Å². The number of nitrogens with one attached hydrogen (secondary N) is 2. The van der Waals surface area contributed by atoms with Crippen molar-refractivity contribution in [3.63, 3.8) is 0 Å². The predicted molar refractivity (Wildman–Crippen MR) is 133 cm³/mol. The second-order valence-electron chi connectivity index (χ2n) is 9.43. The Balaban J connectivity index is 1.66. The van der Waals surface area contributed by atoms with E-state index in [1.54, 1.807) is 16.6 Å². The van der Waals surface area contributed by atoms with Crippen LogP contribution in [0.15, 0.2) is 54.6 Å². The normalized spacial score (nSPS) is 11.5. The highest BCUT2D eigenvalue weighted by atomic mass is 16.2. The van der Waals surface area contributed by atoms with Gasteiger partial charge in [-0.3, -0.25) is 14.5 Å². The first-order chi connectivity index (χ1) is 15.5. The number of anilines is 2. The fourth-order valence-electron chi connectivity index (χ4n) is 3.41. The minimum Gasteiger partial charge on any atom is -0.325 e. The zero-order valence-corrected chi connectivity index (χ0v) is 20.3. The van der Waals surface area contributed by atoms with Crippen LogP contribution in [0, 0.1) is 13.8 Å². The van der Waals surface area contributed by atoms with Gasteiger partial charge in [0.25, 0.3) is 0 Å². The Hall–Kier alpha value is -3.45. The summed E-state index contributed by atoms with van der Waals surface area (Å²) < 4.78 is 1.74. The predicted octanol–water partition coefficient (Wildman–Crippen LogP) is 4.30. The van der Waals surface area contributed by atoms with E-state index in [2.05, 4.69) is 31.4 Å². The van der Waals surface area contributed by atoms with Gasteiger partial charge in [0.1, 0.15) is 5.82 Å². The van der Waals surface area contributed by atoms with E-state index in [1.807, 2.05) is 68.4 Å². The van der Waals surface area contributed by atoms with Crippen LogP contribution in [0.3, 0.4) is 0 Å². The number of amides is 2. The number of carbonyl (C=O) groups is 2. The average molecular weight is 448 g/mol. The van der Waals surface area contributed by atoms with E-state index >= 15 is 0 Å². The molecular formula is C26H33N5O2. The van der Waals surface area contributed by atoms with Gasteiger partial charge in [0.2, 0.25) is 11.8 Å². The van der Waals surface area contributed by atoms with Crippen molar-refractivity contribution in [1.29, 1.82) is 0 Å². The van der Waals surface area contributed by atoms with E-state index in [0.29, 0.717) is 5.82 Å². The zero-order chi connectivity index (χ0) is 24.2. The van der Waals surface area contributed by atoms with Crippen molar-refractivity contribution in [2.45, 2.75) is 40.0 Å². The Morgan fingerprint density at radius 1 is 0.939 bits per heavy atom. The molecule has 0 unspecified atom stereocenters. The Morgan fingerprint density at radius 3 is 2.21 bits per heavy atom. The molecule has 0 atom stereocenters. The largest absolute Gasteiger partial charge is 0.325 e. The zero-order valence-electron chi connectivity index (χ0n) is 20.3. The van der Waals surface area contributed by atoms with Crippen LogP contribution in [0.4, 0.5) is 11.5 Å². The second-order valence-corrected chi connectivity index (χ2v) is 9.43. The fourth-order valence-corrected chi connectivity index (χ4v) is 3.41. The monoisotopic (exact) mass is 447 g/mol. The van der Waals surface area contributed by atoms with Crippen LogP contribution in [0.25, 0.3) is 5.69 Å². The number of benzene rings is 2. The highest BCUT2D eigenvalue weighted by Gasteiger charge is 2.22. The molecule has 0 radical (unpaired) electrons. The summed E-state index contributed by atoms with van der Waals surface area (Å²) in [5.41, 5.74) is 4.52. The molecule has 1 aromatic heterocycles. The Morgan fingerprint density at radius 2 is 1.58 bits per heavy atom. The van der Waals surface area contributed by atoms with E-state index < -0.39 is 0 Å². The fraction of sp³-hybridized carbons (Fsp3) is 0.346. The molecule has 3 aromatic rings. The maximum atomic E-state index is 12.8. The number of para-hydroxylation sites is 1. The van der Waals surface area contributed by atoms with Gasteiger partial charge < -0.3 is 10.6 Å². The van der Waals surface area contributed by atoms with Gasteiger partial charge in [-0.1, -0.05) is 51.1 Å². The van der Waals surface area contributed by atoms with Crippen LogP contribution < -0.4 is 10.6 Å². The van der Waals surface area contributed by atoms with Gasteiger partial charge in [-0.15, -0.1) is 0 Å². The maximum absolute atomic E-state index is 12.8. The Bertz CT molecular complexity index is 1130. The van der Waals surface area contributed by atoms with E-state index in [1.165, 1.54) is 0 Å². The van der Waals surface area contributed by atoms with Crippen molar-refractivity contribution in [3.05, 3.63) is 71.4 Å². The number of rotatable bonds is 7. The molecule has 1 heterocycles. The molecule has 2 amide bonds. The molecule has 3 rings (SSSR count). The molecule has 0 aliphatic heterocycles. The van der Waals surface area contributed by atoms with Gasteiger partial charge in [-0.2, -0.15) is 5.10 Å². The third-order valence-corrected chi connectivity index (χ3v) is 5.45. The smallest absolute Gasteiger partial charge is 0.239 e. The highest BCUT2D eigenvalue weighted by molar-refractivity contribution is 5.95. The summed E-state index contributed by atoms with van der Waals surface area (Å²) in [5, 5.41) is 10.6. The van der Waals surface area contributed by atoms with E-state index in [0.717, 1.165) is 28.2 Å². The lowest BCUT2D eigenvalue weighted by molar-refractivity contribution is -0.119. The van der Waals surface area contributed by atoms with Gasteiger partial charge in [-0.25, -0.2) is 4.68 Å². The van der Waals surface area contributed by atoms with Gasteiger partial charge >= 0.3 is 0 Å². The number of hydrogen-bond donors (Lipinski definition) is 2. The molecule has 0 aliphatic carbocycles. The van der Waals surface area contributed by atoms with Crippen molar-refractivity contribution < 1.29 is 9.59 Å². The first kappa shape index (κ1) is 24.2. The summed E-state index contributed by atoms with van der Waals surface area (Å²) in [6, 6.07) is 17.4. The highest BCUT2D eigenvalue weighted by Crippen LogP contribution is 2.26. The molecule has 7 heteroatoms. The molecule has 2 aromatic carbocycles. The molecule has 174 valence electrons. The Labute approximate surface area is 195 Å². The summed E-state index contributed by atoms with van der Waals surface area (Å²) in [5.74, 6) is 0.224. The van der Waals surface area contributed by atoms with Crippen molar-refractivity contribution in [1.82, 2.24) is 14.7 Å². The number of aromatic nitrogens is 2. The van der Waals surface area contributed by atoms with E-state index in [4.69, 9.17) is 5.10 Å². The number of nitrogens with zero attached hydrogens (tertiary/aromatic N) is 3. The van der Waals surface area contributed by atoms with Gasteiger partial charge in [-0.05, 0) is 50.2 Å². The van der Waals surface area contributed by atoms with Gasteiger partial charge in [0.15, 0.2) is 0 Å². The van der Waals surface area contributed by atoms with Crippen LogP contribution in [-0.2, 0) is 15.0 Å². The minimum atomic E-state index is -0.213. The standard InChI is InChI=1S/C26H33N5O2/c1-18-11-10-14-21(19(18)2)27-24(32)16-30(6)17-25(33)28-23-15-22(26(3,4)5)29-31(23)20-12-8-7-9-13-20/h7-15H,16-17H2,1-6H3,(H,27,32)(H,28,33). The lowest BCUT2D eigenvalue weighted by Gasteiger charge is -2.17. The summed E-state index contributed by atoms with van der Waals surface area (Å²) in [6.45, 7) is 10.4. The van der Waals surface area contributed by atoms with Crippen LogP contribution in [0.5, 0.6) is 0 Å². The van der Waals surface area contributed by atoms with Crippen LogP contribution in [0.2, 0.25) is 0 Å². The molecule has 0 fully saturated rings. The number of likely N-dealkylation sites (N-methyl/N-ethyl adjacent to an activating group) is 1. The topological polar surface area (TPSA) is 79.3 Å². The van der Waals surface area contributed by atoms with Crippen LogP contribution >= 0.6 is 0 Å². The molecule has 0 saturated carbocycles. The number of carbonyl (C=O) groups excluding carboxylic acids is 2. The van der Waals surface area contributed by atoms with E-state index in [9.17, 15) is 9.59 Å². The van der Waals surface area contributed by atoms with Crippen molar-refractivity contribution in [2.75, 3.05) is 30.8 Å². The summed E-state index contributed by atoms with van der Waals surface area (Å²) in [4.78, 5) is 26.9. The third-order valence-electron chi connectivity index (χ3n) is 5.45. The summed E-state index contributed by atoms with van der Waals surface area (Å²) >= 11 is 0. The summed E-state index contributed by atoms with van der Waals surface area (Å²) in [7, 11) is 1.75. The lowest BCUT2D eigenvalue weighted by Crippen LogP contribution is -2.36. The number of aryl methyl sites for hydroxylation is 1. The van der Waals surface area contributed by atoms with Gasteiger partial charge in [0, 0.05) is 17.2 Å². The van der Waals surface area contributed by atoms with Crippen molar-refractivity contribution >= 4 is 23.3 Å². The van der Waals surface area contributed by atoms with Crippen molar-refractivity contribution in [3.8, 4) is 5.69 Å². The first-order valence-corrected chi connectivity index (χ1v) is 11.0. The third kappa shape index (κ3) is 6.29. The van der Waals surface area contributed by atoms with Crippen molar-refractivity contribution in [2.24, 2.45) is 0 Å². The SMILES string of the molecule is Cc1cccc(NC(=O)CN(C)CC(=O)Nc2cc(C(C)(C)C)nn2-c2ccccc2)c1C. The van der Waals surface area contributed by atoms with Crippen LogP contribution in [-0.4, -0.2) is 46.6 Å². The Kier molecular flexibility index (Phi) is 7.33. The summed E-state index contributed by atoms with van der Waals surface area (Å²) in [6.07, 6.45) is 0. The number of hydrogen-bond acceptors (Lipinski definition) is 4. The minimum absolute atomic E-state index is 0.0744. The molecule has 33 heavy (non-hydrogen) atoms. The maximum Gasteiger partial charge on any atom is 0.239 e. The quantitative estimate of drug-likeness (QED) is 0.566. The second kappa shape index (κ2) is 10.0.